The monoisotopic (exact) mass is 122 g/mol. The molecule has 0 aromatic rings. The van der Waals surface area contributed by atoms with E-state index in [0.29, 0.717) is 0 Å². The van der Waals surface area contributed by atoms with Crippen LogP contribution in [0.2, 0.25) is 0 Å². The molecule has 0 saturated heterocycles. The van der Waals surface area contributed by atoms with Gasteiger partial charge in [-0.25, -0.2) is 0 Å². The Kier molecular flexibility index (Phi) is 13.5. The van der Waals surface area contributed by atoms with Gasteiger partial charge in [0.25, 0.3) is 0 Å². The molecule has 2 N–H and O–H groups in total. The van der Waals surface area contributed by atoms with Crippen LogP contribution in [0.5, 0.6) is 0 Å². The van der Waals surface area contributed by atoms with Gasteiger partial charge in [0.15, 0.2) is 0 Å². The lowest BCUT2D eigenvalue weighted by Crippen LogP contribution is -1.94. The van der Waals surface area contributed by atoms with Gasteiger partial charge >= 0.3 is 0 Å². The smallest absolute Gasteiger partial charge is 0.0484 e. The lowest BCUT2D eigenvalue weighted by molar-refractivity contribution is 0.138. The first-order valence-electron chi connectivity index (χ1n) is 2.39. The van der Waals surface area contributed by atoms with E-state index in [4.69, 9.17) is 9.47 Å². The summed E-state index contributed by atoms with van der Waals surface area (Å²) in [5, 5.41) is 0. The first-order chi connectivity index (χ1) is 3.41. The van der Waals surface area contributed by atoms with Gasteiger partial charge in [0.2, 0.25) is 0 Å². The van der Waals surface area contributed by atoms with Crippen molar-refractivity contribution in [1.82, 2.24) is 0 Å². The van der Waals surface area contributed by atoms with Gasteiger partial charge in [-0.15, -0.1) is 0 Å². The standard InChI is InChI=1S/C5H12O2.H2O/c1-6-4-3-5-7-2;/h3-5H2,1-2H3;1H2. The third-order valence-electron chi connectivity index (χ3n) is 0.697. The fraction of sp³-hybridized carbons (Fsp3) is 1.00. The van der Waals surface area contributed by atoms with E-state index in [2.05, 4.69) is 0 Å². The van der Waals surface area contributed by atoms with E-state index >= 15 is 0 Å². The van der Waals surface area contributed by atoms with Gasteiger partial charge in [0.1, 0.15) is 0 Å². The van der Waals surface area contributed by atoms with E-state index in [9.17, 15) is 0 Å². The van der Waals surface area contributed by atoms with Crippen molar-refractivity contribution >= 4 is 0 Å². The summed E-state index contributed by atoms with van der Waals surface area (Å²) in [5.41, 5.74) is 0. The summed E-state index contributed by atoms with van der Waals surface area (Å²) >= 11 is 0. The summed E-state index contributed by atoms with van der Waals surface area (Å²) in [6, 6.07) is 0. The summed E-state index contributed by atoms with van der Waals surface area (Å²) in [7, 11) is 3.38. The van der Waals surface area contributed by atoms with Crippen molar-refractivity contribution in [2.24, 2.45) is 0 Å². The van der Waals surface area contributed by atoms with E-state index in [-0.39, 0.29) is 5.48 Å². The van der Waals surface area contributed by atoms with E-state index in [1.165, 1.54) is 0 Å². The van der Waals surface area contributed by atoms with E-state index in [1.807, 2.05) is 0 Å². The van der Waals surface area contributed by atoms with Crippen molar-refractivity contribution in [2.45, 2.75) is 6.42 Å². The molecule has 0 bridgehead atoms. The summed E-state index contributed by atoms with van der Waals surface area (Å²) in [4.78, 5) is 0. The van der Waals surface area contributed by atoms with Gasteiger partial charge < -0.3 is 14.9 Å². The largest absolute Gasteiger partial charge is 0.412 e. The Hall–Kier alpha value is -0.120. The minimum atomic E-state index is 0. The van der Waals surface area contributed by atoms with Crippen molar-refractivity contribution in [3.63, 3.8) is 0 Å². The first-order valence-corrected chi connectivity index (χ1v) is 2.39. The summed E-state index contributed by atoms with van der Waals surface area (Å²) in [5.74, 6) is 0. The van der Waals surface area contributed by atoms with Crippen LogP contribution in [-0.2, 0) is 9.47 Å². The molecule has 8 heavy (non-hydrogen) atoms. The van der Waals surface area contributed by atoms with Crippen LogP contribution < -0.4 is 0 Å². The molecular weight excluding hydrogens is 108 g/mol. The lowest BCUT2D eigenvalue weighted by Gasteiger charge is -1.94. The van der Waals surface area contributed by atoms with Gasteiger partial charge in [-0.05, 0) is 6.42 Å². The molecule has 0 aliphatic carbocycles. The van der Waals surface area contributed by atoms with Crippen LogP contribution in [0.3, 0.4) is 0 Å². The molecule has 0 amide bonds. The van der Waals surface area contributed by atoms with Crippen LogP contribution in [0.15, 0.2) is 0 Å². The fourth-order valence-corrected chi connectivity index (χ4v) is 0.348. The van der Waals surface area contributed by atoms with Crippen LogP contribution >= 0.6 is 0 Å². The molecule has 0 spiro atoms. The average molecular weight is 122 g/mol. The molecule has 0 rings (SSSR count). The van der Waals surface area contributed by atoms with Crippen LogP contribution in [0, 0.1) is 0 Å². The molecule has 0 aromatic heterocycles. The topological polar surface area (TPSA) is 50.0 Å². The van der Waals surface area contributed by atoms with E-state index in [1.54, 1.807) is 14.2 Å². The number of hydrogen-bond acceptors (Lipinski definition) is 2. The highest BCUT2D eigenvalue weighted by Crippen LogP contribution is 1.78. The lowest BCUT2D eigenvalue weighted by atomic mass is 10.5. The van der Waals surface area contributed by atoms with Crippen LogP contribution in [0.4, 0.5) is 0 Å². The molecule has 3 nitrogen and oxygen atoms in total. The van der Waals surface area contributed by atoms with Crippen molar-refractivity contribution in [3.05, 3.63) is 0 Å². The Morgan fingerprint density at radius 2 is 1.38 bits per heavy atom. The highest BCUT2D eigenvalue weighted by atomic mass is 16.5. The zero-order valence-electron chi connectivity index (χ0n) is 5.44. The maximum absolute atomic E-state index is 4.76. The van der Waals surface area contributed by atoms with Crippen LogP contribution in [-0.4, -0.2) is 32.9 Å². The second-order valence-corrected chi connectivity index (χ2v) is 1.34. The van der Waals surface area contributed by atoms with Crippen molar-refractivity contribution in [3.8, 4) is 0 Å². The van der Waals surface area contributed by atoms with Gasteiger partial charge in [0.05, 0.1) is 0 Å². The van der Waals surface area contributed by atoms with Crippen molar-refractivity contribution in [1.29, 1.82) is 0 Å². The SMILES string of the molecule is COCCCOC.O. The minimum Gasteiger partial charge on any atom is -0.412 e. The Morgan fingerprint density at radius 1 is 1.00 bits per heavy atom. The third kappa shape index (κ3) is 9.30. The molecule has 0 radical (unpaired) electrons. The predicted octanol–water partition coefficient (Wildman–Crippen LogP) is -0.155. The summed E-state index contributed by atoms with van der Waals surface area (Å²) < 4.78 is 9.53. The Bertz CT molecular complexity index is 26.9. The minimum absolute atomic E-state index is 0. The number of hydrogen-bond donors (Lipinski definition) is 0. The molecule has 52 valence electrons. The Morgan fingerprint density at radius 3 is 1.62 bits per heavy atom. The molecule has 0 heterocycles. The van der Waals surface area contributed by atoms with Crippen LogP contribution in [0.1, 0.15) is 6.42 Å². The molecule has 0 unspecified atom stereocenters. The highest BCUT2D eigenvalue weighted by Gasteiger charge is 1.79. The zero-order valence-corrected chi connectivity index (χ0v) is 5.44. The normalized spacial score (nSPS) is 8.25. The second-order valence-electron chi connectivity index (χ2n) is 1.34. The van der Waals surface area contributed by atoms with E-state index in [0.717, 1.165) is 19.6 Å². The van der Waals surface area contributed by atoms with Gasteiger partial charge in [-0.2, -0.15) is 0 Å². The molecule has 0 atom stereocenters. The van der Waals surface area contributed by atoms with Gasteiger partial charge in [0, 0.05) is 27.4 Å². The van der Waals surface area contributed by atoms with Crippen molar-refractivity contribution < 1.29 is 14.9 Å². The first kappa shape index (κ1) is 10.8. The van der Waals surface area contributed by atoms with Gasteiger partial charge in [-0.3, -0.25) is 0 Å². The number of ether oxygens (including phenoxy) is 2. The quantitative estimate of drug-likeness (QED) is 0.487. The summed E-state index contributed by atoms with van der Waals surface area (Å²) in [6.45, 7) is 1.60. The molecule has 0 fully saturated rings. The third-order valence-corrected chi connectivity index (χ3v) is 0.697. The summed E-state index contributed by atoms with van der Waals surface area (Å²) in [6.07, 6.45) is 0.993. The highest BCUT2D eigenvalue weighted by molar-refractivity contribution is 4.28. The maximum atomic E-state index is 4.76. The maximum Gasteiger partial charge on any atom is 0.0484 e. The molecule has 3 heteroatoms. The Balaban J connectivity index is 0. The number of methoxy groups -OCH3 is 2. The molecule has 0 aliphatic heterocycles. The van der Waals surface area contributed by atoms with Crippen molar-refractivity contribution in [2.75, 3.05) is 27.4 Å². The van der Waals surface area contributed by atoms with E-state index < -0.39 is 0 Å². The zero-order chi connectivity index (χ0) is 5.54. The molecule has 0 aliphatic rings. The predicted molar refractivity (Wildman–Crippen MR) is 32.0 cm³/mol. The van der Waals surface area contributed by atoms with Gasteiger partial charge in [-0.1, -0.05) is 0 Å². The number of rotatable bonds is 4. The van der Waals surface area contributed by atoms with Crippen LogP contribution in [0.25, 0.3) is 0 Å². The Labute approximate surface area is 49.9 Å². The fourth-order valence-electron chi connectivity index (χ4n) is 0.348. The molecule has 0 aromatic carbocycles. The second kappa shape index (κ2) is 9.99. The molecule has 0 saturated carbocycles. The molecular formula is C5H14O3. The average Bonchev–Trinajstić information content (AvgIpc) is 1.69.